The molecule has 0 heterocycles. The van der Waals surface area contributed by atoms with Crippen LogP contribution in [0.2, 0.25) is 5.02 Å². The zero-order chi connectivity index (χ0) is 16.3. The van der Waals surface area contributed by atoms with Crippen LogP contribution >= 0.6 is 11.6 Å². The summed E-state index contributed by atoms with van der Waals surface area (Å²) in [5.41, 5.74) is 1.19. The molecule has 0 bridgehead atoms. The lowest BCUT2D eigenvalue weighted by Crippen LogP contribution is -2.23. The Morgan fingerprint density at radius 3 is 2.59 bits per heavy atom. The molecule has 0 aliphatic heterocycles. The molecule has 0 unspecified atom stereocenters. The zero-order valence-corrected chi connectivity index (χ0v) is 13.2. The van der Waals surface area contributed by atoms with Crippen LogP contribution in [0, 0.1) is 12.7 Å². The molecule has 0 atom stereocenters. The summed E-state index contributed by atoms with van der Waals surface area (Å²) in [7, 11) is -3.90. The summed E-state index contributed by atoms with van der Waals surface area (Å²) in [6.45, 7) is 1.74. The molecule has 0 fully saturated rings. The Balaban J connectivity index is 2.14. The van der Waals surface area contributed by atoms with E-state index in [2.05, 4.69) is 5.32 Å². The highest BCUT2D eigenvalue weighted by atomic mass is 35.5. The first kappa shape index (κ1) is 16.5. The van der Waals surface area contributed by atoms with Crippen LogP contribution in [0.5, 0.6) is 0 Å². The summed E-state index contributed by atoms with van der Waals surface area (Å²) in [6.07, 6.45) is 0. The van der Waals surface area contributed by atoms with Gasteiger partial charge in [-0.2, -0.15) is 0 Å². The number of hydrogen-bond acceptors (Lipinski definition) is 3. The summed E-state index contributed by atoms with van der Waals surface area (Å²) in [4.78, 5) is 11.7. The Morgan fingerprint density at radius 1 is 1.23 bits per heavy atom. The summed E-state index contributed by atoms with van der Waals surface area (Å²) in [6, 6.07) is 9.38. The summed E-state index contributed by atoms with van der Waals surface area (Å²) < 4.78 is 37.2. The third-order valence-electron chi connectivity index (χ3n) is 2.94. The zero-order valence-electron chi connectivity index (χ0n) is 11.6. The molecule has 1 N–H and O–H groups in total. The van der Waals surface area contributed by atoms with Gasteiger partial charge in [-0.1, -0.05) is 17.7 Å². The van der Waals surface area contributed by atoms with E-state index in [0.717, 1.165) is 12.1 Å². The van der Waals surface area contributed by atoms with E-state index in [9.17, 15) is 17.6 Å². The number of carbonyl (C=O) groups is 1. The number of hydrogen-bond donors (Lipinski definition) is 1. The van der Waals surface area contributed by atoms with E-state index < -0.39 is 27.3 Å². The van der Waals surface area contributed by atoms with Crippen molar-refractivity contribution in [3.8, 4) is 0 Å². The Hall–Kier alpha value is -1.92. The van der Waals surface area contributed by atoms with Crippen LogP contribution in [0.25, 0.3) is 0 Å². The monoisotopic (exact) mass is 341 g/mol. The van der Waals surface area contributed by atoms with E-state index in [0.29, 0.717) is 16.3 Å². The second-order valence-corrected chi connectivity index (χ2v) is 7.15. The van der Waals surface area contributed by atoms with Crippen LogP contribution in [0.4, 0.5) is 10.1 Å². The molecule has 0 aliphatic carbocycles. The van der Waals surface area contributed by atoms with Crippen molar-refractivity contribution in [1.29, 1.82) is 0 Å². The number of anilines is 1. The van der Waals surface area contributed by atoms with Crippen LogP contribution in [0.15, 0.2) is 47.4 Å². The van der Waals surface area contributed by atoms with Crippen molar-refractivity contribution in [2.75, 3.05) is 11.1 Å². The van der Waals surface area contributed by atoms with Gasteiger partial charge in [-0.05, 0) is 48.9 Å². The number of sulfone groups is 1. The standard InChI is InChI=1S/C15H13ClFNO3S/c1-10-7-11(16)5-6-14(10)18-15(19)9-22(20,21)13-4-2-3-12(17)8-13/h2-8H,9H2,1H3,(H,18,19). The number of aryl methyl sites for hydroxylation is 1. The molecule has 0 aliphatic rings. The van der Waals surface area contributed by atoms with Crippen molar-refractivity contribution in [3.05, 3.63) is 58.9 Å². The molecular formula is C15H13ClFNO3S. The minimum absolute atomic E-state index is 0.226. The van der Waals surface area contributed by atoms with Gasteiger partial charge in [-0.25, -0.2) is 12.8 Å². The van der Waals surface area contributed by atoms with Gasteiger partial charge >= 0.3 is 0 Å². The van der Waals surface area contributed by atoms with Crippen molar-refractivity contribution in [1.82, 2.24) is 0 Å². The first-order valence-electron chi connectivity index (χ1n) is 6.32. The van der Waals surface area contributed by atoms with Crippen molar-refractivity contribution < 1.29 is 17.6 Å². The third-order valence-corrected chi connectivity index (χ3v) is 4.79. The van der Waals surface area contributed by atoms with E-state index in [4.69, 9.17) is 11.6 Å². The van der Waals surface area contributed by atoms with E-state index in [-0.39, 0.29) is 4.90 Å². The van der Waals surface area contributed by atoms with E-state index in [1.807, 2.05) is 0 Å². The largest absolute Gasteiger partial charge is 0.325 e. The van der Waals surface area contributed by atoms with Crippen LogP contribution in [-0.2, 0) is 14.6 Å². The van der Waals surface area contributed by atoms with Crippen molar-refractivity contribution in [3.63, 3.8) is 0 Å². The van der Waals surface area contributed by atoms with Gasteiger partial charge in [-0.15, -0.1) is 0 Å². The number of nitrogens with one attached hydrogen (secondary N) is 1. The molecule has 0 saturated carbocycles. The second kappa shape index (κ2) is 6.46. The molecule has 4 nitrogen and oxygen atoms in total. The maximum atomic E-state index is 13.1. The molecule has 0 radical (unpaired) electrons. The number of rotatable bonds is 4. The van der Waals surface area contributed by atoms with Gasteiger partial charge in [0, 0.05) is 10.7 Å². The molecule has 1 amide bonds. The summed E-state index contributed by atoms with van der Waals surface area (Å²) in [5, 5.41) is 3.02. The maximum Gasteiger partial charge on any atom is 0.239 e. The Labute approximate surface area is 132 Å². The van der Waals surface area contributed by atoms with Gasteiger partial charge in [-0.3, -0.25) is 4.79 Å². The summed E-state index contributed by atoms with van der Waals surface area (Å²) >= 11 is 5.81. The fraction of sp³-hybridized carbons (Fsp3) is 0.133. The molecule has 2 rings (SSSR count). The predicted octanol–water partition coefficient (Wildman–Crippen LogP) is 3.20. The smallest absolute Gasteiger partial charge is 0.239 e. The average molecular weight is 342 g/mol. The molecule has 7 heteroatoms. The predicted molar refractivity (Wildman–Crippen MR) is 83.3 cm³/mol. The Kier molecular flexibility index (Phi) is 4.83. The average Bonchev–Trinajstić information content (AvgIpc) is 2.41. The lowest BCUT2D eigenvalue weighted by Gasteiger charge is -2.09. The minimum atomic E-state index is -3.90. The van der Waals surface area contributed by atoms with Gasteiger partial charge in [0.25, 0.3) is 0 Å². The van der Waals surface area contributed by atoms with Crippen molar-refractivity contribution >= 4 is 33.0 Å². The van der Waals surface area contributed by atoms with E-state index in [1.165, 1.54) is 12.1 Å². The SMILES string of the molecule is Cc1cc(Cl)ccc1NC(=O)CS(=O)(=O)c1cccc(F)c1. The molecular weight excluding hydrogens is 329 g/mol. The van der Waals surface area contributed by atoms with Crippen LogP contribution in [0.1, 0.15) is 5.56 Å². The molecule has 0 aromatic heterocycles. The highest BCUT2D eigenvalue weighted by Crippen LogP contribution is 2.20. The normalized spacial score (nSPS) is 11.2. The van der Waals surface area contributed by atoms with Gasteiger partial charge in [0.2, 0.25) is 5.91 Å². The maximum absolute atomic E-state index is 13.1. The molecule has 2 aromatic carbocycles. The highest BCUT2D eigenvalue weighted by molar-refractivity contribution is 7.92. The van der Waals surface area contributed by atoms with Gasteiger partial charge in [0.05, 0.1) is 4.90 Å². The fourth-order valence-corrected chi connectivity index (χ4v) is 3.26. The molecule has 0 saturated heterocycles. The van der Waals surface area contributed by atoms with Crippen LogP contribution < -0.4 is 5.32 Å². The molecule has 2 aromatic rings. The van der Waals surface area contributed by atoms with Crippen LogP contribution in [0.3, 0.4) is 0 Å². The topological polar surface area (TPSA) is 63.2 Å². The number of amides is 1. The number of halogens is 2. The lowest BCUT2D eigenvalue weighted by molar-refractivity contribution is -0.113. The lowest BCUT2D eigenvalue weighted by atomic mass is 10.2. The van der Waals surface area contributed by atoms with Gasteiger partial charge in [0.1, 0.15) is 11.6 Å². The second-order valence-electron chi connectivity index (χ2n) is 4.72. The Bertz CT molecular complexity index is 821. The fourth-order valence-electron chi connectivity index (χ4n) is 1.87. The Morgan fingerprint density at radius 2 is 1.95 bits per heavy atom. The van der Waals surface area contributed by atoms with Crippen LogP contribution in [-0.4, -0.2) is 20.1 Å². The van der Waals surface area contributed by atoms with Gasteiger partial charge < -0.3 is 5.32 Å². The van der Waals surface area contributed by atoms with Crippen molar-refractivity contribution in [2.45, 2.75) is 11.8 Å². The highest BCUT2D eigenvalue weighted by Gasteiger charge is 2.20. The summed E-state index contributed by atoms with van der Waals surface area (Å²) in [5.74, 6) is -2.14. The van der Waals surface area contributed by atoms with E-state index >= 15 is 0 Å². The molecule has 0 spiro atoms. The molecule has 116 valence electrons. The van der Waals surface area contributed by atoms with E-state index in [1.54, 1.807) is 25.1 Å². The third kappa shape index (κ3) is 4.05. The first-order valence-corrected chi connectivity index (χ1v) is 8.35. The number of benzene rings is 2. The van der Waals surface area contributed by atoms with Crippen molar-refractivity contribution in [2.24, 2.45) is 0 Å². The quantitative estimate of drug-likeness (QED) is 0.928. The minimum Gasteiger partial charge on any atom is -0.325 e. The molecule has 22 heavy (non-hydrogen) atoms. The van der Waals surface area contributed by atoms with Gasteiger partial charge in [0.15, 0.2) is 9.84 Å². The number of carbonyl (C=O) groups excluding carboxylic acids is 1. The first-order chi connectivity index (χ1) is 10.3.